The molecule has 3 aromatic rings. The third-order valence-corrected chi connectivity index (χ3v) is 8.58. The average Bonchev–Trinajstić information content (AvgIpc) is 2.91. The van der Waals surface area contributed by atoms with E-state index in [1.54, 1.807) is 18.2 Å². The molecular formula is C30H36N2O6S. The van der Waals surface area contributed by atoms with Gasteiger partial charge in [-0.25, -0.2) is 8.42 Å². The Labute approximate surface area is 230 Å². The molecule has 0 fully saturated rings. The number of fused-ring (bicyclic) bond motifs is 1. The van der Waals surface area contributed by atoms with Gasteiger partial charge < -0.3 is 19.5 Å². The summed E-state index contributed by atoms with van der Waals surface area (Å²) in [6, 6.07) is 17.5. The van der Waals surface area contributed by atoms with Gasteiger partial charge in [0.25, 0.3) is 15.9 Å². The Bertz CT molecular complexity index is 1450. The fourth-order valence-electron chi connectivity index (χ4n) is 4.22. The fraction of sp³-hybridized carbons (Fsp3) is 0.367. The second-order valence-electron chi connectivity index (χ2n) is 10.6. The van der Waals surface area contributed by atoms with Crippen molar-refractivity contribution in [3.63, 3.8) is 0 Å². The van der Waals surface area contributed by atoms with E-state index >= 15 is 0 Å². The molecule has 39 heavy (non-hydrogen) atoms. The van der Waals surface area contributed by atoms with Crippen LogP contribution in [0, 0.1) is 13.8 Å². The van der Waals surface area contributed by atoms with Gasteiger partial charge in [-0.2, -0.15) is 0 Å². The monoisotopic (exact) mass is 552 g/mol. The summed E-state index contributed by atoms with van der Waals surface area (Å²) in [6.45, 7) is 10.5. The molecule has 208 valence electrons. The molecule has 0 aliphatic carbocycles. The van der Waals surface area contributed by atoms with Crippen molar-refractivity contribution in [2.24, 2.45) is 0 Å². The number of sulfonamides is 1. The van der Waals surface area contributed by atoms with Gasteiger partial charge in [0.2, 0.25) is 0 Å². The molecule has 1 N–H and O–H groups in total. The lowest BCUT2D eigenvalue weighted by Gasteiger charge is -2.36. The first kappa shape index (κ1) is 28.3. The van der Waals surface area contributed by atoms with Crippen LogP contribution >= 0.6 is 0 Å². The maximum Gasteiger partial charge on any atom is 0.264 e. The van der Waals surface area contributed by atoms with Crippen LogP contribution < -0.4 is 23.8 Å². The van der Waals surface area contributed by atoms with Crippen LogP contribution in [0.2, 0.25) is 0 Å². The van der Waals surface area contributed by atoms with E-state index in [4.69, 9.17) is 14.2 Å². The Morgan fingerprint density at radius 2 is 1.69 bits per heavy atom. The Morgan fingerprint density at radius 1 is 1.00 bits per heavy atom. The van der Waals surface area contributed by atoms with Gasteiger partial charge in [0.1, 0.15) is 23.9 Å². The van der Waals surface area contributed by atoms with E-state index in [-0.39, 0.29) is 30.0 Å². The number of hydrogen-bond donors (Lipinski definition) is 1. The number of carbonyl (C=O) groups excluding carboxylic acids is 1. The first-order valence-corrected chi connectivity index (χ1v) is 14.3. The molecule has 0 radical (unpaired) electrons. The van der Waals surface area contributed by atoms with Crippen molar-refractivity contribution in [1.29, 1.82) is 0 Å². The van der Waals surface area contributed by atoms with Crippen LogP contribution in [-0.2, 0) is 20.2 Å². The summed E-state index contributed by atoms with van der Waals surface area (Å²) in [5.74, 6) is 1.19. The zero-order valence-corrected chi connectivity index (χ0v) is 24.1. The number of anilines is 1. The lowest BCUT2D eigenvalue weighted by molar-refractivity contribution is -0.127. The zero-order chi connectivity index (χ0) is 28.4. The van der Waals surface area contributed by atoms with Gasteiger partial charge in [-0.15, -0.1) is 0 Å². The highest BCUT2D eigenvalue weighted by Crippen LogP contribution is 2.40. The van der Waals surface area contributed by atoms with Gasteiger partial charge in [0.15, 0.2) is 6.10 Å². The van der Waals surface area contributed by atoms with E-state index in [1.165, 1.54) is 29.1 Å². The predicted molar refractivity (Wildman–Crippen MR) is 152 cm³/mol. The molecule has 0 bridgehead atoms. The van der Waals surface area contributed by atoms with Crippen LogP contribution in [0.5, 0.6) is 17.2 Å². The molecule has 3 aromatic carbocycles. The van der Waals surface area contributed by atoms with Crippen molar-refractivity contribution in [2.45, 2.75) is 51.0 Å². The molecule has 0 saturated carbocycles. The first-order chi connectivity index (χ1) is 18.4. The van der Waals surface area contributed by atoms with E-state index in [0.29, 0.717) is 17.2 Å². The van der Waals surface area contributed by atoms with Crippen molar-refractivity contribution in [3.8, 4) is 17.2 Å². The van der Waals surface area contributed by atoms with Crippen molar-refractivity contribution in [1.82, 2.24) is 5.32 Å². The van der Waals surface area contributed by atoms with Crippen molar-refractivity contribution >= 4 is 21.6 Å². The number of amides is 1. The highest BCUT2D eigenvalue weighted by atomic mass is 32.2. The molecule has 1 aliphatic rings. The van der Waals surface area contributed by atoms with E-state index in [9.17, 15) is 13.2 Å². The van der Waals surface area contributed by atoms with Gasteiger partial charge in [0, 0.05) is 0 Å². The Balaban J connectivity index is 1.55. The average molecular weight is 553 g/mol. The fourth-order valence-corrected chi connectivity index (χ4v) is 5.69. The number of carbonyl (C=O) groups is 1. The van der Waals surface area contributed by atoms with Crippen LogP contribution in [0.1, 0.15) is 37.5 Å². The highest BCUT2D eigenvalue weighted by molar-refractivity contribution is 7.92. The quantitative estimate of drug-likeness (QED) is 0.405. The van der Waals surface area contributed by atoms with Crippen LogP contribution in [0.4, 0.5) is 5.69 Å². The van der Waals surface area contributed by atoms with Crippen LogP contribution in [0.25, 0.3) is 0 Å². The summed E-state index contributed by atoms with van der Waals surface area (Å²) in [6.07, 6.45) is -1.03. The van der Waals surface area contributed by atoms with Crippen LogP contribution in [-0.4, -0.2) is 47.2 Å². The maximum absolute atomic E-state index is 13.8. The number of rotatable bonds is 8. The Hall–Kier alpha value is -3.72. The van der Waals surface area contributed by atoms with Gasteiger partial charge in [0.05, 0.1) is 30.8 Å². The molecule has 0 saturated heterocycles. The predicted octanol–water partition coefficient (Wildman–Crippen LogP) is 4.76. The highest BCUT2D eigenvalue weighted by Gasteiger charge is 2.38. The SMILES string of the molecule is COc1ccc(S(=O)(=O)N2C[C@H](C(=O)NCCOc3ccc(C)c(C)c3)Oc3ccc(C(C)(C)C)cc32)cc1. The molecule has 0 unspecified atom stereocenters. The summed E-state index contributed by atoms with van der Waals surface area (Å²) in [7, 11) is -2.49. The third-order valence-electron chi connectivity index (χ3n) is 6.78. The summed E-state index contributed by atoms with van der Waals surface area (Å²) in [5.41, 5.74) is 3.44. The smallest absolute Gasteiger partial charge is 0.264 e. The Kier molecular flexibility index (Phi) is 8.11. The molecule has 1 atom stereocenters. The van der Waals surface area contributed by atoms with Gasteiger partial charge >= 0.3 is 0 Å². The van der Waals surface area contributed by atoms with E-state index in [0.717, 1.165) is 16.9 Å². The van der Waals surface area contributed by atoms with Crippen molar-refractivity contribution in [3.05, 3.63) is 77.4 Å². The van der Waals surface area contributed by atoms with Crippen molar-refractivity contribution < 1.29 is 27.4 Å². The number of benzene rings is 3. The second-order valence-corrected chi connectivity index (χ2v) is 12.5. The molecule has 8 nitrogen and oxygen atoms in total. The minimum Gasteiger partial charge on any atom is -0.497 e. The van der Waals surface area contributed by atoms with Crippen LogP contribution in [0.3, 0.4) is 0 Å². The largest absolute Gasteiger partial charge is 0.497 e. The molecule has 1 amide bonds. The molecule has 0 aromatic heterocycles. The molecular weight excluding hydrogens is 516 g/mol. The summed E-state index contributed by atoms with van der Waals surface area (Å²) < 4.78 is 45.9. The van der Waals surface area contributed by atoms with Gasteiger partial charge in [-0.1, -0.05) is 32.9 Å². The maximum atomic E-state index is 13.8. The zero-order valence-electron chi connectivity index (χ0n) is 23.3. The third kappa shape index (κ3) is 6.30. The molecule has 1 aliphatic heterocycles. The van der Waals surface area contributed by atoms with Gasteiger partial charge in [-0.3, -0.25) is 9.10 Å². The van der Waals surface area contributed by atoms with Gasteiger partial charge in [-0.05, 0) is 84.5 Å². The lowest BCUT2D eigenvalue weighted by Crippen LogP contribution is -2.51. The minimum absolute atomic E-state index is 0.0956. The summed E-state index contributed by atoms with van der Waals surface area (Å²) >= 11 is 0. The topological polar surface area (TPSA) is 94.2 Å². The number of nitrogens with one attached hydrogen (secondary N) is 1. The number of nitrogens with zero attached hydrogens (tertiary/aromatic N) is 1. The Morgan fingerprint density at radius 3 is 2.33 bits per heavy atom. The minimum atomic E-state index is -4.00. The van der Waals surface area contributed by atoms with E-state index in [2.05, 4.69) is 26.1 Å². The molecule has 0 spiro atoms. The van der Waals surface area contributed by atoms with E-state index in [1.807, 2.05) is 44.2 Å². The van der Waals surface area contributed by atoms with Crippen molar-refractivity contribution in [2.75, 3.05) is 31.1 Å². The number of methoxy groups -OCH3 is 1. The normalized spacial score (nSPS) is 15.2. The lowest BCUT2D eigenvalue weighted by atomic mass is 9.86. The number of ether oxygens (including phenoxy) is 3. The first-order valence-electron chi connectivity index (χ1n) is 12.9. The molecule has 1 heterocycles. The summed E-state index contributed by atoms with van der Waals surface area (Å²) in [5, 5.41) is 2.81. The standard InChI is InChI=1S/C30H36N2O6S/c1-20-7-9-24(17-21(20)2)37-16-15-31-29(33)28-19-32(39(34,35)25-12-10-23(36-6)11-13-25)26-18-22(30(3,4)5)8-14-27(26)38-28/h7-14,17-18,28H,15-16,19H2,1-6H3,(H,31,33)/t28-/m1/s1. The summed E-state index contributed by atoms with van der Waals surface area (Å²) in [4.78, 5) is 13.2. The van der Waals surface area contributed by atoms with Crippen LogP contribution in [0.15, 0.2) is 65.6 Å². The molecule has 4 rings (SSSR count). The second kappa shape index (κ2) is 11.2. The molecule has 9 heteroatoms. The number of aryl methyl sites for hydroxylation is 2. The van der Waals surface area contributed by atoms with E-state index < -0.39 is 22.0 Å². The number of hydrogen-bond acceptors (Lipinski definition) is 6.